The number of pyridine rings is 1. The average Bonchev–Trinajstić information content (AvgIpc) is 2.78. The second-order valence-electron chi connectivity index (χ2n) is 9.84. The Morgan fingerprint density at radius 2 is 2.03 bits per heavy atom. The van der Waals surface area contributed by atoms with Gasteiger partial charge in [-0.15, -0.1) is 0 Å². The Hall–Kier alpha value is -2.22. The molecule has 5 rings (SSSR count). The maximum absolute atomic E-state index is 12.8. The number of nitrogens with zero attached hydrogens (tertiary/aromatic N) is 3. The summed E-state index contributed by atoms with van der Waals surface area (Å²) in [5.74, 6) is 2.00. The zero-order valence-corrected chi connectivity index (χ0v) is 20.6. The lowest BCUT2D eigenvalue weighted by atomic mass is 9.45. The monoisotopic (exact) mass is 501 g/mol. The van der Waals surface area contributed by atoms with Crippen LogP contribution < -0.4 is 16.2 Å². The molecule has 0 unspecified atom stereocenters. The van der Waals surface area contributed by atoms with Crippen LogP contribution in [-0.2, 0) is 17.9 Å². The Labute approximate surface area is 197 Å². The average molecular weight is 502 g/mol. The van der Waals surface area contributed by atoms with E-state index in [2.05, 4.69) is 57.4 Å². The smallest absolute Gasteiger partial charge is 0.283 e. The van der Waals surface area contributed by atoms with Gasteiger partial charge in [0.2, 0.25) is 5.91 Å². The molecule has 3 aliphatic rings. The zero-order chi connectivity index (χ0) is 22.9. The van der Waals surface area contributed by atoms with Gasteiger partial charge in [-0.1, -0.05) is 20.8 Å². The highest BCUT2D eigenvalue weighted by atomic mass is 79.9. The summed E-state index contributed by atoms with van der Waals surface area (Å²) < 4.78 is 1.94. The van der Waals surface area contributed by atoms with Crippen molar-refractivity contribution in [3.05, 3.63) is 51.1 Å². The molecule has 0 radical (unpaired) electrons. The number of anilines is 1. The molecule has 0 aromatic carbocycles. The third-order valence-electron chi connectivity index (χ3n) is 7.69. The van der Waals surface area contributed by atoms with Gasteiger partial charge in [-0.25, -0.2) is 4.68 Å². The van der Waals surface area contributed by atoms with Crippen LogP contribution in [0.3, 0.4) is 0 Å². The van der Waals surface area contributed by atoms with Crippen molar-refractivity contribution in [2.75, 3.05) is 5.32 Å². The first-order chi connectivity index (χ1) is 15.3. The fourth-order valence-electron chi connectivity index (χ4n) is 5.44. The van der Waals surface area contributed by atoms with Gasteiger partial charge in [0, 0.05) is 37.9 Å². The topological polar surface area (TPSA) is 88.9 Å². The van der Waals surface area contributed by atoms with Crippen LogP contribution >= 0.6 is 15.9 Å². The van der Waals surface area contributed by atoms with E-state index in [1.807, 2.05) is 12.1 Å². The molecule has 0 saturated heterocycles. The van der Waals surface area contributed by atoms with Gasteiger partial charge in [0.05, 0.1) is 11.9 Å². The highest BCUT2D eigenvalue weighted by molar-refractivity contribution is 9.10. The Kier molecular flexibility index (Phi) is 6.70. The van der Waals surface area contributed by atoms with Crippen molar-refractivity contribution in [2.24, 2.45) is 23.2 Å². The van der Waals surface area contributed by atoms with Crippen molar-refractivity contribution in [3.63, 3.8) is 0 Å². The van der Waals surface area contributed by atoms with E-state index in [0.717, 1.165) is 29.5 Å². The van der Waals surface area contributed by atoms with Gasteiger partial charge in [-0.3, -0.25) is 14.6 Å². The molecule has 2 aromatic heterocycles. The van der Waals surface area contributed by atoms with E-state index in [1.54, 1.807) is 18.6 Å². The summed E-state index contributed by atoms with van der Waals surface area (Å²) in [5, 5.41) is 10.8. The van der Waals surface area contributed by atoms with Crippen LogP contribution in [0.1, 0.15) is 52.0 Å². The van der Waals surface area contributed by atoms with Crippen LogP contribution in [0.5, 0.6) is 0 Å². The molecule has 32 heavy (non-hydrogen) atoms. The van der Waals surface area contributed by atoms with Gasteiger partial charge in [-0.2, -0.15) is 5.10 Å². The van der Waals surface area contributed by atoms with E-state index in [0.29, 0.717) is 47.8 Å². The van der Waals surface area contributed by atoms with Crippen molar-refractivity contribution >= 4 is 27.5 Å². The molecule has 0 spiro atoms. The molecule has 0 aliphatic heterocycles. The second-order valence-corrected chi connectivity index (χ2v) is 10.6. The van der Waals surface area contributed by atoms with E-state index in [4.69, 9.17) is 0 Å². The molecule has 8 heteroatoms. The summed E-state index contributed by atoms with van der Waals surface area (Å²) in [6.45, 7) is 7.97. The third-order valence-corrected chi connectivity index (χ3v) is 8.46. The highest BCUT2D eigenvalue weighted by Gasteiger charge is 2.56. The van der Waals surface area contributed by atoms with E-state index < -0.39 is 0 Å². The van der Waals surface area contributed by atoms with Crippen molar-refractivity contribution < 1.29 is 4.79 Å². The zero-order valence-electron chi connectivity index (χ0n) is 19.0. The molecule has 2 aromatic rings. The summed E-state index contributed by atoms with van der Waals surface area (Å²) in [7, 11) is 0. The van der Waals surface area contributed by atoms with E-state index in [9.17, 15) is 9.59 Å². The van der Waals surface area contributed by atoms with Crippen LogP contribution in [0.25, 0.3) is 0 Å². The van der Waals surface area contributed by atoms with Gasteiger partial charge < -0.3 is 10.6 Å². The number of hydrogen-bond acceptors (Lipinski definition) is 5. The number of aryl methyl sites for hydroxylation is 1. The third kappa shape index (κ3) is 4.60. The van der Waals surface area contributed by atoms with Gasteiger partial charge in [0.1, 0.15) is 4.47 Å². The molecule has 2 N–H and O–H groups in total. The molecule has 1 amide bonds. The number of hydrogen-bond donors (Lipinski definition) is 2. The summed E-state index contributed by atoms with van der Waals surface area (Å²) in [4.78, 5) is 28.8. The summed E-state index contributed by atoms with van der Waals surface area (Å²) in [5.41, 5.74) is 2.03. The Morgan fingerprint density at radius 3 is 2.72 bits per heavy atom. The molecule has 3 saturated carbocycles. The molecule has 2 bridgehead atoms. The largest absolute Gasteiger partial charge is 0.380 e. The highest BCUT2D eigenvalue weighted by Crippen LogP contribution is 2.61. The van der Waals surface area contributed by atoms with Crippen molar-refractivity contribution in [1.29, 1.82) is 0 Å². The number of nitrogens with one attached hydrogen (secondary N) is 2. The number of carbonyl (C=O) groups is 1. The Morgan fingerprint density at radius 1 is 1.28 bits per heavy atom. The normalized spacial score (nSPS) is 25.6. The van der Waals surface area contributed by atoms with Crippen molar-refractivity contribution in [1.82, 2.24) is 20.1 Å². The number of rotatable bonds is 8. The summed E-state index contributed by atoms with van der Waals surface area (Å²) in [6, 6.07) is 4.10. The molecule has 4 atom stereocenters. The van der Waals surface area contributed by atoms with Crippen molar-refractivity contribution in [3.8, 4) is 0 Å². The van der Waals surface area contributed by atoms with Crippen LogP contribution in [0, 0.1) is 23.2 Å². The second kappa shape index (κ2) is 9.33. The maximum atomic E-state index is 12.8. The quantitative estimate of drug-likeness (QED) is 0.570. The number of amides is 1. The number of carbonyl (C=O) groups excluding carboxylic acids is 1. The first-order valence-electron chi connectivity index (χ1n) is 11.4. The van der Waals surface area contributed by atoms with Gasteiger partial charge in [-0.05, 0) is 76.1 Å². The van der Waals surface area contributed by atoms with Crippen LogP contribution in [0.4, 0.5) is 5.69 Å². The minimum Gasteiger partial charge on any atom is -0.380 e. The first-order valence-corrected chi connectivity index (χ1v) is 12.2. The molecule has 2 heterocycles. The fraction of sp³-hybridized carbons (Fsp3) is 0.583. The first kappa shape index (κ1) is 23.0. The molecular formula is C24H32BrN5O2. The number of fused-ring (bicyclic) bond motifs is 2. The van der Waals surface area contributed by atoms with E-state index in [1.165, 1.54) is 11.1 Å². The van der Waals surface area contributed by atoms with Crippen molar-refractivity contribution in [2.45, 2.75) is 65.6 Å². The van der Waals surface area contributed by atoms with Crippen LogP contribution in [0.2, 0.25) is 0 Å². The number of halogens is 1. The van der Waals surface area contributed by atoms with Gasteiger partial charge in [0.25, 0.3) is 5.56 Å². The summed E-state index contributed by atoms with van der Waals surface area (Å²) in [6.07, 6.45) is 8.48. The fourth-order valence-corrected chi connectivity index (χ4v) is 5.87. The summed E-state index contributed by atoms with van der Waals surface area (Å²) >= 11 is 3.48. The maximum Gasteiger partial charge on any atom is 0.283 e. The molecule has 172 valence electrons. The molecule has 3 aliphatic carbocycles. The number of aromatic nitrogens is 3. The standard InChI is InChI=1S/C24H32BrN5O2/c1-15-18-11-17(24(18,2)3)12-19(15)29-20-14-28-30(23(32)22(20)25)10-4-5-21(31)27-13-16-6-8-26-9-7-16/h6-9,14-15,17-19,29H,4-5,10-13H2,1-3H3,(H,27,31)/t15-,17+,18+,19+/m0/s1. The lowest BCUT2D eigenvalue weighted by molar-refractivity contribution is -0.121. The predicted molar refractivity (Wildman–Crippen MR) is 128 cm³/mol. The predicted octanol–water partition coefficient (Wildman–Crippen LogP) is 3.98. The van der Waals surface area contributed by atoms with Gasteiger partial charge in [0.15, 0.2) is 0 Å². The van der Waals surface area contributed by atoms with E-state index in [-0.39, 0.29) is 11.5 Å². The van der Waals surface area contributed by atoms with Crippen LogP contribution in [0.15, 0.2) is 40.0 Å². The van der Waals surface area contributed by atoms with Crippen LogP contribution in [-0.4, -0.2) is 26.7 Å². The minimum absolute atomic E-state index is 0.0417. The molecular weight excluding hydrogens is 470 g/mol. The minimum atomic E-state index is -0.166. The lowest BCUT2D eigenvalue weighted by Crippen LogP contribution is -2.58. The Balaban J connectivity index is 1.28. The van der Waals surface area contributed by atoms with Gasteiger partial charge >= 0.3 is 0 Å². The molecule has 3 fully saturated rings. The Bertz CT molecular complexity index is 1020. The molecule has 7 nitrogen and oxygen atoms in total. The van der Waals surface area contributed by atoms with E-state index >= 15 is 0 Å². The SMILES string of the molecule is C[C@H]1[C@H]2C[C@H](C[C@H]1Nc1cnn(CCCC(=O)NCc3ccncc3)c(=O)c1Br)C2(C)C. The lowest BCUT2D eigenvalue weighted by Gasteiger charge is -2.62.